The molecule has 1 aliphatic rings. The second-order valence-corrected chi connectivity index (χ2v) is 7.26. The zero-order valence-electron chi connectivity index (χ0n) is 11.1. The number of nitrogens with one attached hydrogen (secondary N) is 1. The first-order valence-corrected chi connectivity index (χ1v) is 7.58. The Morgan fingerprint density at radius 1 is 1.53 bits per heavy atom. The van der Waals surface area contributed by atoms with Crippen LogP contribution in [0.1, 0.15) is 33.6 Å². The lowest BCUT2D eigenvalue weighted by Crippen LogP contribution is -2.62. The number of hydrogen-bond donors (Lipinski definition) is 2. The van der Waals surface area contributed by atoms with Crippen molar-refractivity contribution in [1.82, 2.24) is 4.72 Å². The van der Waals surface area contributed by atoms with Gasteiger partial charge in [-0.2, -0.15) is 0 Å². The van der Waals surface area contributed by atoms with Crippen LogP contribution < -0.4 is 10.5 Å². The van der Waals surface area contributed by atoms with Gasteiger partial charge in [-0.15, -0.1) is 0 Å². The van der Waals surface area contributed by atoms with Gasteiger partial charge in [0.25, 0.3) is 0 Å². The third-order valence-electron chi connectivity index (χ3n) is 3.93. The Balaban J connectivity index is 2.68. The highest BCUT2D eigenvalue weighted by Crippen LogP contribution is 2.42. The van der Waals surface area contributed by atoms with Gasteiger partial charge in [-0.25, -0.2) is 13.1 Å². The number of ether oxygens (including phenoxy) is 1. The molecular weight excluding hydrogens is 240 g/mol. The van der Waals surface area contributed by atoms with E-state index in [0.29, 0.717) is 6.42 Å². The predicted octanol–water partition coefficient (Wildman–Crippen LogP) is 0.457. The molecule has 0 aromatic heterocycles. The number of methoxy groups -OCH3 is 1. The highest BCUT2D eigenvalue weighted by atomic mass is 32.2. The molecule has 3 atom stereocenters. The van der Waals surface area contributed by atoms with E-state index in [9.17, 15) is 8.42 Å². The summed E-state index contributed by atoms with van der Waals surface area (Å²) in [5.74, 6) is 0. The number of rotatable bonds is 6. The molecule has 0 heterocycles. The van der Waals surface area contributed by atoms with Gasteiger partial charge in [0.15, 0.2) is 0 Å². The van der Waals surface area contributed by atoms with Gasteiger partial charge in [-0.3, -0.25) is 0 Å². The molecule has 0 bridgehead atoms. The average molecular weight is 264 g/mol. The molecule has 1 aliphatic carbocycles. The molecule has 0 radical (unpaired) electrons. The van der Waals surface area contributed by atoms with Crippen LogP contribution in [0.25, 0.3) is 0 Å². The Labute approximate surface area is 104 Å². The van der Waals surface area contributed by atoms with Gasteiger partial charge in [0.1, 0.15) is 0 Å². The van der Waals surface area contributed by atoms with Crippen molar-refractivity contribution in [3.8, 4) is 0 Å². The zero-order valence-corrected chi connectivity index (χ0v) is 11.9. The fourth-order valence-corrected chi connectivity index (χ4v) is 3.97. The monoisotopic (exact) mass is 264 g/mol. The minimum Gasteiger partial charge on any atom is -0.381 e. The smallest absolute Gasteiger partial charge is 0.215 e. The lowest BCUT2D eigenvalue weighted by atomic mass is 9.65. The maximum atomic E-state index is 12.0. The summed E-state index contributed by atoms with van der Waals surface area (Å²) >= 11 is 0. The van der Waals surface area contributed by atoms with E-state index in [1.807, 2.05) is 20.8 Å². The maximum Gasteiger partial charge on any atom is 0.215 e. The SMILES string of the molecule is CCC(CN)S(=O)(=O)NC1CC(OC)C1(C)C. The topological polar surface area (TPSA) is 81.4 Å². The Bertz CT molecular complexity index is 350. The quantitative estimate of drug-likeness (QED) is 0.730. The molecule has 0 saturated heterocycles. The minimum atomic E-state index is -3.32. The van der Waals surface area contributed by atoms with Crippen LogP contribution in [0.3, 0.4) is 0 Å². The van der Waals surface area contributed by atoms with Crippen molar-refractivity contribution >= 4 is 10.0 Å². The van der Waals surface area contributed by atoms with E-state index in [-0.39, 0.29) is 24.1 Å². The first-order chi connectivity index (χ1) is 7.79. The maximum absolute atomic E-state index is 12.0. The molecule has 1 fully saturated rings. The molecule has 0 aliphatic heterocycles. The fourth-order valence-electron chi connectivity index (χ4n) is 2.29. The molecule has 0 spiro atoms. The lowest BCUT2D eigenvalue weighted by Gasteiger charge is -2.51. The number of sulfonamides is 1. The third kappa shape index (κ3) is 2.81. The minimum absolute atomic E-state index is 0.0574. The van der Waals surface area contributed by atoms with Crippen molar-refractivity contribution in [3.05, 3.63) is 0 Å². The van der Waals surface area contributed by atoms with Crippen LogP contribution in [-0.4, -0.2) is 39.5 Å². The van der Waals surface area contributed by atoms with Crippen molar-refractivity contribution in [2.75, 3.05) is 13.7 Å². The lowest BCUT2D eigenvalue weighted by molar-refractivity contribution is -0.0909. The van der Waals surface area contributed by atoms with Gasteiger partial charge < -0.3 is 10.5 Å². The fraction of sp³-hybridized carbons (Fsp3) is 1.00. The molecule has 0 aromatic carbocycles. The normalized spacial score (nSPS) is 29.7. The molecular formula is C11H24N2O3S. The van der Waals surface area contributed by atoms with Crippen LogP contribution in [0.15, 0.2) is 0 Å². The average Bonchev–Trinajstić information content (AvgIpc) is 2.25. The van der Waals surface area contributed by atoms with Gasteiger partial charge in [0.2, 0.25) is 10.0 Å². The largest absolute Gasteiger partial charge is 0.381 e. The molecule has 102 valence electrons. The van der Waals surface area contributed by atoms with Gasteiger partial charge in [0.05, 0.1) is 11.4 Å². The molecule has 0 amide bonds. The van der Waals surface area contributed by atoms with Crippen molar-refractivity contribution in [1.29, 1.82) is 0 Å². The molecule has 5 nitrogen and oxygen atoms in total. The van der Waals surface area contributed by atoms with Crippen LogP contribution in [0.5, 0.6) is 0 Å². The van der Waals surface area contributed by atoms with Gasteiger partial charge >= 0.3 is 0 Å². The Morgan fingerprint density at radius 3 is 2.47 bits per heavy atom. The Morgan fingerprint density at radius 2 is 2.12 bits per heavy atom. The van der Waals surface area contributed by atoms with Crippen LogP contribution in [-0.2, 0) is 14.8 Å². The van der Waals surface area contributed by atoms with Crippen molar-refractivity contribution in [3.63, 3.8) is 0 Å². The van der Waals surface area contributed by atoms with E-state index in [1.165, 1.54) is 0 Å². The molecule has 3 N–H and O–H groups in total. The first kappa shape index (κ1) is 14.9. The van der Waals surface area contributed by atoms with E-state index in [4.69, 9.17) is 10.5 Å². The second kappa shape index (κ2) is 5.22. The molecule has 1 saturated carbocycles. The molecule has 1 rings (SSSR count). The van der Waals surface area contributed by atoms with Gasteiger partial charge in [-0.05, 0) is 12.8 Å². The van der Waals surface area contributed by atoms with Crippen LogP contribution in [0.4, 0.5) is 0 Å². The summed E-state index contributed by atoms with van der Waals surface area (Å²) in [6.07, 6.45) is 1.38. The Hall–Kier alpha value is -0.170. The zero-order chi connectivity index (χ0) is 13.3. The summed E-state index contributed by atoms with van der Waals surface area (Å²) < 4.78 is 32.2. The predicted molar refractivity (Wildman–Crippen MR) is 68.2 cm³/mol. The van der Waals surface area contributed by atoms with E-state index in [2.05, 4.69) is 4.72 Å². The van der Waals surface area contributed by atoms with Crippen LogP contribution in [0, 0.1) is 5.41 Å². The molecule has 3 unspecified atom stereocenters. The first-order valence-electron chi connectivity index (χ1n) is 6.03. The standard InChI is InChI=1S/C11H24N2O3S/c1-5-8(7-12)17(14,15)13-9-6-10(16-4)11(9,2)3/h8-10,13H,5-7,12H2,1-4H3. The highest BCUT2D eigenvalue weighted by Gasteiger charge is 2.50. The number of hydrogen-bond acceptors (Lipinski definition) is 4. The second-order valence-electron chi connectivity index (χ2n) is 5.26. The van der Waals surface area contributed by atoms with Crippen molar-refractivity contribution in [2.24, 2.45) is 11.1 Å². The van der Waals surface area contributed by atoms with E-state index < -0.39 is 15.3 Å². The Kier molecular flexibility index (Phi) is 4.57. The summed E-state index contributed by atoms with van der Waals surface area (Å²) in [6.45, 7) is 6.02. The van der Waals surface area contributed by atoms with Crippen molar-refractivity contribution in [2.45, 2.75) is 51.0 Å². The van der Waals surface area contributed by atoms with Gasteiger partial charge in [-0.1, -0.05) is 20.8 Å². The van der Waals surface area contributed by atoms with Crippen molar-refractivity contribution < 1.29 is 13.2 Å². The van der Waals surface area contributed by atoms with E-state index in [0.717, 1.165) is 6.42 Å². The van der Waals surface area contributed by atoms with Crippen LogP contribution >= 0.6 is 0 Å². The van der Waals surface area contributed by atoms with Crippen LogP contribution in [0.2, 0.25) is 0 Å². The molecule has 0 aromatic rings. The van der Waals surface area contributed by atoms with E-state index >= 15 is 0 Å². The summed E-state index contributed by atoms with van der Waals surface area (Å²) in [6, 6.07) is -0.0574. The summed E-state index contributed by atoms with van der Waals surface area (Å²) in [5.41, 5.74) is 5.32. The third-order valence-corrected chi connectivity index (χ3v) is 5.94. The molecule has 6 heteroatoms. The van der Waals surface area contributed by atoms with Gasteiger partial charge in [0, 0.05) is 25.1 Å². The van der Waals surface area contributed by atoms with E-state index in [1.54, 1.807) is 7.11 Å². The summed E-state index contributed by atoms with van der Waals surface area (Å²) in [4.78, 5) is 0. The summed E-state index contributed by atoms with van der Waals surface area (Å²) in [7, 11) is -1.66. The summed E-state index contributed by atoms with van der Waals surface area (Å²) in [5, 5.41) is -0.500. The molecule has 17 heavy (non-hydrogen) atoms. The number of nitrogens with two attached hydrogens (primary N) is 1. The highest BCUT2D eigenvalue weighted by molar-refractivity contribution is 7.90.